The molecule has 0 saturated heterocycles. The third kappa shape index (κ3) is 3.76. The Morgan fingerprint density at radius 2 is 2.11 bits per heavy atom. The number of hydrogen-bond donors (Lipinski definition) is 2. The van der Waals surface area contributed by atoms with Gasteiger partial charge in [-0.1, -0.05) is 19.1 Å². The topological polar surface area (TPSA) is 49.8 Å². The highest BCUT2D eigenvalue weighted by Crippen LogP contribution is 2.23. The predicted octanol–water partition coefficient (Wildman–Crippen LogP) is 3.79. The summed E-state index contributed by atoms with van der Waals surface area (Å²) >= 11 is 2.19. The molecule has 2 aromatic rings. The lowest BCUT2D eigenvalue weighted by molar-refractivity contribution is 0.619. The Kier molecular flexibility index (Phi) is 4.89. The van der Waals surface area contributed by atoms with Crippen LogP contribution in [0.25, 0.3) is 0 Å². The fraction of sp³-hybridized carbons (Fsp3) is 0.231. The summed E-state index contributed by atoms with van der Waals surface area (Å²) < 4.78 is 14.7. The highest BCUT2D eigenvalue weighted by atomic mass is 127. The zero-order chi connectivity index (χ0) is 13.7. The van der Waals surface area contributed by atoms with Gasteiger partial charge in [-0.2, -0.15) is 4.98 Å². The van der Waals surface area contributed by atoms with Crippen molar-refractivity contribution in [1.29, 1.82) is 0 Å². The second-order valence-corrected chi connectivity index (χ2v) is 5.08. The number of anilines is 3. The number of halogens is 2. The molecule has 1 heterocycles. The molecule has 2 rings (SSSR count). The molecule has 0 fully saturated rings. The lowest BCUT2D eigenvalue weighted by Gasteiger charge is -2.10. The van der Waals surface area contributed by atoms with Crippen LogP contribution >= 0.6 is 22.6 Å². The zero-order valence-electron chi connectivity index (χ0n) is 10.5. The van der Waals surface area contributed by atoms with Gasteiger partial charge in [-0.3, -0.25) is 0 Å². The smallest absolute Gasteiger partial charge is 0.224 e. The van der Waals surface area contributed by atoms with Gasteiger partial charge in [0.05, 0.1) is 11.9 Å². The molecule has 0 saturated carbocycles. The summed E-state index contributed by atoms with van der Waals surface area (Å²) in [4.78, 5) is 8.04. The van der Waals surface area contributed by atoms with Crippen molar-refractivity contribution < 1.29 is 4.39 Å². The summed E-state index contributed by atoms with van der Waals surface area (Å²) in [5, 5.41) is 6.02. The average molecular weight is 372 g/mol. The van der Waals surface area contributed by atoms with Crippen molar-refractivity contribution in [3.8, 4) is 0 Å². The summed E-state index contributed by atoms with van der Waals surface area (Å²) in [6.07, 6.45) is 2.13. The van der Waals surface area contributed by atoms with Gasteiger partial charge in [-0.25, -0.2) is 9.37 Å². The largest absolute Gasteiger partial charge is 0.354 e. The summed E-state index contributed by atoms with van der Waals surface area (Å²) in [7, 11) is 0. The maximum Gasteiger partial charge on any atom is 0.224 e. The Morgan fingerprint density at radius 1 is 1.32 bits per heavy atom. The van der Waals surface area contributed by atoms with Gasteiger partial charge in [-0.15, -0.1) is 0 Å². The molecular weight excluding hydrogens is 358 g/mol. The molecule has 6 heteroatoms. The van der Waals surface area contributed by atoms with Crippen LogP contribution in [0.15, 0.2) is 30.5 Å². The van der Waals surface area contributed by atoms with Gasteiger partial charge in [0.25, 0.3) is 0 Å². The Morgan fingerprint density at radius 3 is 2.84 bits per heavy atom. The Hall–Kier alpha value is -1.44. The van der Waals surface area contributed by atoms with E-state index in [9.17, 15) is 4.39 Å². The van der Waals surface area contributed by atoms with Crippen LogP contribution in [-0.4, -0.2) is 16.5 Å². The first kappa shape index (κ1) is 14.0. The molecule has 1 aromatic heterocycles. The maximum absolute atomic E-state index is 13.7. The van der Waals surface area contributed by atoms with Crippen molar-refractivity contribution in [3.05, 3.63) is 39.8 Å². The van der Waals surface area contributed by atoms with E-state index in [0.717, 1.165) is 22.2 Å². The van der Waals surface area contributed by atoms with Crippen LogP contribution in [0.4, 0.5) is 21.8 Å². The molecule has 0 unspecified atom stereocenters. The van der Waals surface area contributed by atoms with E-state index in [1.165, 1.54) is 6.20 Å². The van der Waals surface area contributed by atoms with Crippen molar-refractivity contribution in [1.82, 2.24) is 9.97 Å². The molecule has 0 aliphatic carbocycles. The minimum absolute atomic E-state index is 0.178. The quantitative estimate of drug-likeness (QED) is 0.785. The summed E-state index contributed by atoms with van der Waals surface area (Å²) in [5.41, 5.74) is 0.821. The first-order valence-electron chi connectivity index (χ1n) is 5.98. The Balaban J connectivity index is 2.21. The van der Waals surface area contributed by atoms with E-state index < -0.39 is 5.82 Å². The molecule has 0 radical (unpaired) electrons. The Labute approximate surface area is 125 Å². The zero-order valence-corrected chi connectivity index (χ0v) is 12.6. The number of nitrogens with zero attached hydrogens (tertiary/aromatic N) is 2. The second kappa shape index (κ2) is 6.65. The van der Waals surface area contributed by atoms with Gasteiger partial charge in [0.15, 0.2) is 11.6 Å². The van der Waals surface area contributed by atoms with Crippen molar-refractivity contribution in [2.45, 2.75) is 13.3 Å². The molecule has 2 N–H and O–H groups in total. The highest BCUT2D eigenvalue weighted by molar-refractivity contribution is 14.1. The molecule has 0 bridgehead atoms. The summed E-state index contributed by atoms with van der Waals surface area (Å²) in [6.45, 7) is 2.80. The molecule has 0 amide bonds. The number of aromatic nitrogens is 2. The van der Waals surface area contributed by atoms with Crippen LogP contribution in [0.1, 0.15) is 13.3 Å². The van der Waals surface area contributed by atoms with Crippen LogP contribution in [0.5, 0.6) is 0 Å². The Bertz CT molecular complexity index is 562. The highest BCUT2D eigenvalue weighted by Gasteiger charge is 2.08. The van der Waals surface area contributed by atoms with Gasteiger partial charge < -0.3 is 10.6 Å². The molecule has 0 aliphatic heterocycles. The fourth-order valence-electron chi connectivity index (χ4n) is 1.47. The normalized spacial score (nSPS) is 10.3. The van der Waals surface area contributed by atoms with E-state index in [2.05, 4.69) is 43.2 Å². The lowest BCUT2D eigenvalue weighted by atomic mass is 10.3. The van der Waals surface area contributed by atoms with Crippen LogP contribution < -0.4 is 10.6 Å². The summed E-state index contributed by atoms with van der Waals surface area (Å²) in [5.74, 6) is 0.135. The SMILES string of the molecule is CCCNc1ncc(F)c(Nc2ccccc2I)n1. The summed E-state index contributed by atoms with van der Waals surface area (Å²) in [6, 6.07) is 7.64. The average Bonchev–Trinajstić information content (AvgIpc) is 2.42. The lowest BCUT2D eigenvalue weighted by Crippen LogP contribution is -2.07. The van der Waals surface area contributed by atoms with Crippen molar-refractivity contribution in [2.75, 3.05) is 17.2 Å². The monoisotopic (exact) mass is 372 g/mol. The number of rotatable bonds is 5. The number of para-hydroxylation sites is 1. The minimum Gasteiger partial charge on any atom is -0.354 e. The third-order valence-corrected chi connectivity index (χ3v) is 3.34. The third-order valence-electron chi connectivity index (χ3n) is 2.40. The molecular formula is C13H14FIN4. The first-order valence-corrected chi connectivity index (χ1v) is 7.06. The van der Waals surface area contributed by atoms with Crippen LogP contribution in [0.2, 0.25) is 0 Å². The second-order valence-electron chi connectivity index (χ2n) is 3.92. The van der Waals surface area contributed by atoms with E-state index in [-0.39, 0.29) is 5.82 Å². The molecule has 4 nitrogen and oxygen atoms in total. The van der Waals surface area contributed by atoms with Crippen molar-refractivity contribution in [3.63, 3.8) is 0 Å². The van der Waals surface area contributed by atoms with Crippen LogP contribution in [0, 0.1) is 9.39 Å². The van der Waals surface area contributed by atoms with Crippen LogP contribution in [0.3, 0.4) is 0 Å². The molecule has 0 aliphatic rings. The molecule has 1 aromatic carbocycles. The number of hydrogen-bond acceptors (Lipinski definition) is 4. The van der Waals surface area contributed by atoms with E-state index in [1.54, 1.807) is 0 Å². The standard InChI is InChI=1S/C13H14FIN4/c1-2-7-16-13-17-8-9(14)12(19-13)18-11-6-4-3-5-10(11)15/h3-6,8H,2,7H2,1H3,(H2,16,17,18,19). The molecule has 100 valence electrons. The first-order chi connectivity index (χ1) is 9.20. The predicted molar refractivity (Wildman–Crippen MR) is 83.2 cm³/mol. The van der Waals surface area contributed by atoms with E-state index >= 15 is 0 Å². The van der Waals surface area contributed by atoms with Crippen molar-refractivity contribution >= 4 is 40.0 Å². The van der Waals surface area contributed by atoms with Gasteiger partial charge in [0.1, 0.15) is 0 Å². The fourth-order valence-corrected chi connectivity index (χ4v) is 1.99. The maximum atomic E-state index is 13.7. The van der Waals surface area contributed by atoms with Gasteiger partial charge in [0, 0.05) is 10.1 Å². The van der Waals surface area contributed by atoms with Gasteiger partial charge in [-0.05, 0) is 41.1 Å². The number of benzene rings is 1. The number of nitrogens with one attached hydrogen (secondary N) is 2. The minimum atomic E-state index is -0.471. The van der Waals surface area contributed by atoms with Crippen LogP contribution in [-0.2, 0) is 0 Å². The van der Waals surface area contributed by atoms with E-state index in [1.807, 2.05) is 31.2 Å². The van der Waals surface area contributed by atoms with Crippen molar-refractivity contribution in [2.24, 2.45) is 0 Å². The van der Waals surface area contributed by atoms with Gasteiger partial charge >= 0.3 is 0 Å². The van der Waals surface area contributed by atoms with E-state index in [0.29, 0.717) is 5.95 Å². The van der Waals surface area contributed by atoms with Gasteiger partial charge in [0.2, 0.25) is 5.95 Å². The molecule has 0 atom stereocenters. The molecule has 0 spiro atoms. The molecule has 19 heavy (non-hydrogen) atoms. The van der Waals surface area contributed by atoms with E-state index in [4.69, 9.17) is 0 Å².